The summed E-state index contributed by atoms with van der Waals surface area (Å²) in [6, 6.07) is 8.39. The molecule has 1 aromatic rings. The molecule has 2 heteroatoms. The molecule has 0 aliphatic heterocycles. The Balaban J connectivity index is 2.67. The van der Waals surface area contributed by atoms with Crippen LogP contribution in [-0.4, -0.2) is 20.0 Å². The van der Waals surface area contributed by atoms with Crippen LogP contribution in [0.3, 0.4) is 0 Å². The SMILES string of the molecule is CC/C=C(/COCOCC)c1ccccc1C. The highest BCUT2D eigenvalue weighted by atomic mass is 16.7. The van der Waals surface area contributed by atoms with Crippen molar-refractivity contribution in [2.45, 2.75) is 27.2 Å². The fourth-order valence-corrected chi connectivity index (χ4v) is 1.72. The summed E-state index contributed by atoms with van der Waals surface area (Å²) >= 11 is 0. The number of hydrogen-bond acceptors (Lipinski definition) is 2. The van der Waals surface area contributed by atoms with E-state index in [4.69, 9.17) is 9.47 Å². The topological polar surface area (TPSA) is 18.5 Å². The zero-order valence-corrected chi connectivity index (χ0v) is 11.0. The number of benzene rings is 1. The first kappa shape index (κ1) is 13.9. The fourth-order valence-electron chi connectivity index (χ4n) is 1.72. The number of allylic oxidation sites excluding steroid dienone is 1. The highest BCUT2D eigenvalue weighted by Crippen LogP contribution is 2.19. The largest absolute Gasteiger partial charge is 0.356 e. The normalized spacial score (nSPS) is 11.8. The first-order valence-electron chi connectivity index (χ1n) is 6.20. The van der Waals surface area contributed by atoms with E-state index in [9.17, 15) is 0 Å². The van der Waals surface area contributed by atoms with E-state index in [2.05, 4.69) is 44.2 Å². The van der Waals surface area contributed by atoms with Crippen LogP contribution in [0.1, 0.15) is 31.4 Å². The predicted molar refractivity (Wildman–Crippen MR) is 71.9 cm³/mol. The summed E-state index contributed by atoms with van der Waals surface area (Å²) in [6.45, 7) is 7.90. The molecule has 1 rings (SSSR count). The van der Waals surface area contributed by atoms with Crippen molar-refractivity contribution in [1.82, 2.24) is 0 Å². The maximum atomic E-state index is 5.51. The van der Waals surface area contributed by atoms with Crippen molar-refractivity contribution in [2.75, 3.05) is 20.0 Å². The predicted octanol–water partition coefficient (Wildman–Crippen LogP) is 3.80. The molecule has 0 fully saturated rings. The third-order valence-corrected chi connectivity index (χ3v) is 2.57. The van der Waals surface area contributed by atoms with Crippen LogP contribution in [0, 0.1) is 6.92 Å². The lowest BCUT2D eigenvalue weighted by Gasteiger charge is -2.11. The zero-order valence-electron chi connectivity index (χ0n) is 11.0. The minimum Gasteiger partial charge on any atom is -0.356 e. The molecule has 2 nitrogen and oxygen atoms in total. The molecule has 1 aromatic carbocycles. The molecule has 17 heavy (non-hydrogen) atoms. The van der Waals surface area contributed by atoms with Gasteiger partial charge in [0, 0.05) is 6.61 Å². The monoisotopic (exact) mass is 234 g/mol. The Labute approximate surface area is 104 Å². The molecular formula is C15H22O2. The van der Waals surface area contributed by atoms with Crippen LogP contribution in [0.15, 0.2) is 30.3 Å². The molecule has 0 aromatic heterocycles. The Kier molecular flexibility index (Phi) is 6.60. The van der Waals surface area contributed by atoms with Crippen LogP contribution in [-0.2, 0) is 9.47 Å². The van der Waals surface area contributed by atoms with E-state index in [-0.39, 0.29) is 0 Å². The first-order valence-corrected chi connectivity index (χ1v) is 6.20. The minimum absolute atomic E-state index is 0.365. The van der Waals surface area contributed by atoms with Crippen LogP contribution < -0.4 is 0 Å². The summed E-state index contributed by atoms with van der Waals surface area (Å²) in [4.78, 5) is 0. The van der Waals surface area contributed by atoms with Crippen molar-refractivity contribution < 1.29 is 9.47 Å². The van der Waals surface area contributed by atoms with Gasteiger partial charge in [-0.3, -0.25) is 0 Å². The minimum atomic E-state index is 0.365. The average molecular weight is 234 g/mol. The molecule has 0 aliphatic carbocycles. The Morgan fingerprint density at radius 2 is 1.94 bits per heavy atom. The highest BCUT2D eigenvalue weighted by Gasteiger charge is 2.04. The van der Waals surface area contributed by atoms with Gasteiger partial charge in [-0.15, -0.1) is 0 Å². The van der Waals surface area contributed by atoms with Gasteiger partial charge in [0.05, 0.1) is 6.61 Å². The van der Waals surface area contributed by atoms with E-state index in [0.29, 0.717) is 20.0 Å². The van der Waals surface area contributed by atoms with Crippen molar-refractivity contribution >= 4 is 5.57 Å². The van der Waals surface area contributed by atoms with E-state index in [1.165, 1.54) is 16.7 Å². The summed E-state index contributed by atoms with van der Waals surface area (Å²) in [5, 5.41) is 0. The Hall–Kier alpha value is -1.12. The maximum Gasteiger partial charge on any atom is 0.147 e. The lowest BCUT2D eigenvalue weighted by Crippen LogP contribution is -2.04. The van der Waals surface area contributed by atoms with Crippen molar-refractivity contribution in [3.05, 3.63) is 41.5 Å². The molecule has 0 aliphatic rings. The van der Waals surface area contributed by atoms with E-state index in [1.54, 1.807) is 0 Å². The number of aryl methyl sites for hydroxylation is 1. The van der Waals surface area contributed by atoms with Crippen molar-refractivity contribution in [3.8, 4) is 0 Å². The van der Waals surface area contributed by atoms with Gasteiger partial charge in [-0.25, -0.2) is 0 Å². The lowest BCUT2D eigenvalue weighted by molar-refractivity contribution is -0.0371. The molecule has 0 N–H and O–H groups in total. The number of ether oxygens (including phenoxy) is 2. The van der Waals surface area contributed by atoms with Gasteiger partial charge in [-0.05, 0) is 37.0 Å². The zero-order chi connectivity index (χ0) is 12.5. The molecule has 0 amide bonds. The number of rotatable bonds is 7. The average Bonchev–Trinajstić information content (AvgIpc) is 2.34. The van der Waals surface area contributed by atoms with Crippen molar-refractivity contribution in [2.24, 2.45) is 0 Å². The van der Waals surface area contributed by atoms with Crippen molar-refractivity contribution in [1.29, 1.82) is 0 Å². The second-order valence-corrected chi connectivity index (χ2v) is 3.91. The Morgan fingerprint density at radius 1 is 1.18 bits per heavy atom. The molecule has 0 saturated heterocycles. The highest BCUT2D eigenvalue weighted by molar-refractivity contribution is 5.68. The maximum absolute atomic E-state index is 5.51. The fraction of sp³-hybridized carbons (Fsp3) is 0.467. The van der Waals surface area contributed by atoms with Crippen LogP contribution in [0.2, 0.25) is 0 Å². The number of hydrogen-bond donors (Lipinski definition) is 0. The summed E-state index contributed by atoms with van der Waals surface area (Å²) in [5.74, 6) is 0. The van der Waals surface area contributed by atoms with E-state index < -0.39 is 0 Å². The molecule has 0 atom stereocenters. The molecule has 0 radical (unpaired) electrons. The van der Waals surface area contributed by atoms with Crippen LogP contribution >= 0.6 is 0 Å². The molecule has 0 spiro atoms. The summed E-state index contributed by atoms with van der Waals surface area (Å²) < 4.78 is 10.7. The molecular weight excluding hydrogens is 212 g/mol. The summed E-state index contributed by atoms with van der Waals surface area (Å²) in [6.07, 6.45) is 3.23. The third-order valence-electron chi connectivity index (χ3n) is 2.57. The molecule has 0 unspecified atom stereocenters. The van der Waals surface area contributed by atoms with Gasteiger partial charge in [-0.1, -0.05) is 37.3 Å². The van der Waals surface area contributed by atoms with Crippen LogP contribution in [0.5, 0.6) is 0 Å². The second-order valence-electron chi connectivity index (χ2n) is 3.91. The first-order chi connectivity index (χ1) is 8.29. The van der Waals surface area contributed by atoms with Crippen LogP contribution in [0.25, 0.3) is 5.57 Å². The molecule has 94 valence electrons. The van der Waals surface area contributed by atoms with Gasteiger partial charge in [0.1, 0.15) is 6.79 Å². The quantitative estimate of drug-likeness (QED) is 0.528. The lowest BCUT2D eigenvalue weighted by atomic mass is 10.0. The molecule has 0 heterocycles. The van der Waals surface area contributed by atoms with Gasteiger partial charge < -0.3 is 9.47 Å². The smallest absolute Gasteiger partial charge is 0.147 e. The van der Waals surface area contributed by atoms with Crippen LogP contribution in [0.4, 0.5) is 0 Å². The standard InChI is InChI=1S/C15H22O2/c1-4-8-14(11-17-12-16-5-2)15-10-7-6-9-13(15)3/h6-10H,4-5,11-12H2,1-3H3/b14-8-. The second kappa shape index (κ2) is 8.04. The van der Waals surface area contributed by atoms with E-state index in [0.717, 1.165) is 6.42 Å². The van der Waals surface area contributed by atoms with Gasteiger partial charge in [0.2, 0.25) is 0 Å². The van der Waals surface area contributed by atoms with Gasteiger partial charge in [-0.2, -0.15) is 0 Å². The molecule has 0 saturated carbocycles. The van der Waals surface area contributed by atoms with Gasteiger partial charge in [0.25, 0.3) is 0 Å². The van der Waals surface area contributed by atoms with Crippen molar-refractivity contribution in [3.63, 3.8) is 0 Å². The Bertz CT molecular complexity index is 356. The summed E-state index contributed by atoms with van der Waals surface area (Å²) in [7, 11) is 0. The van der Waals surface area contributed by atoms with Gasteiger partial charge >= 0.3 is 0 Å². The molecule has 0 bridgehead atoms. The third kappa shape index (κ3) is 4.72. The van der Waals surface area contributed by atoms with Gasteiger partial charge in [0.15, 0.2) is 0 Å². The summed E-state index contributed by atoms with van der Waals surface area (Å²) in [5.41, 5.74) is 3.79. The van der Waals surface area contributed by atoms with E-state index >= 15 is 0 Å². The Morgan fingerprint density at radius 3 is 2.59 bits per heavy atom. The van der Waals surface area contributed by atoms with E-state index in [1.807, 2.05) is 6.92 Å².